The van der Waals surface area contributed by atoms with Crippen LogP contribution in [0.3, 0.4) is 0 Å². The smallest absolute Gasteiger partial charge is 0.240 e. The van der Waals surface area contributed by atoms with E-state index in [4.69, 9.17) is 0 Å². The largest absolute Gasteiger partial charge is 0.373 e. The molecule has 0 fully saturated rings. The van der Waals surface area contributed by atoms with E-state index in [2.05, 4.69) is 20.0 Å². The van der Waals surface area contributed by atoms with Crippen LogP contribution in [0.5, 0.6) is 0 Å². The second kappa shape index (κ2) is 6.02. The molecule has 0 aliphatic carbocycles. The molecule has 0 radical (unpaired) electrons. The van der Waals surface area contributed by atoms with Gasteiger partial charge in [-0.15, -0.1) is 0 Å². The minimum absolute atomic E-state index is 0.191. The molecule has 0 unspecified atom stereocenters. The number of pyridine rings is 1. The van der Waals surface area contributed by atoms with Gasteiger partial charge in [-0.1, -0.05) is 0 Å². The van der Waals surface area contributed by atoms with Gasteiger partial charge in [-0.2, -0.15) is 0 Å². The number of nitrogens with one attached hydrogen (secondary N) is 2. The summed E-state index contributed by atoms with van der Waals surface area (Å²) >= 11 is 0. The average molecular weight is 295 g/mol. The highest BCUT2D eigenvalue weighted by molar-refractivity contribution is 7.89. The van der Waals surface area contributed by atoms with Crippen LogP contribution in [-0.2, 0) is 23.5 Å². The van der Waals surface area contributed by atoms with Crippen molar-refractivity contribution in [2.75, 3.05) is 18.9 Å². The molecule has 8 heteroatoms. The maximum atomic E-state index is 12.1. The third-order valence-corrected chi connectivity index (χ3v) is 4.32. The highest BCUT2D eigenvalue weighted by Crippen LogP contribution is 2.11. The van der Waals surface area contributed by atoms with Crippen LogP contribution in [0.25, 0.3) is 0 Å². The van der Waals surface area contributed by atoms with Crippen molar-refractivity contribution < 1.29 is 8.42 Å². The van der Waals surface area contributed by atoms with Crippen molar-refractivity contribution in [2.24, 2.45) is 7.05 Å². The third kappa shape index (κ3) is 3.34. The highest BCUT2D eigenvalue weighted by Gasteiger charge is 2.14. The zero-order valence-corrected chi connectivity index (χ0v) is 12.2. The molecule has 2 aromatic rings. The van der Waals surface area contributed by atoms with E-state index < -0.39 is 10.0 Å². The predicted octanol–water partition coefficient (Wildman–Crippen LogP) is 0.378. The Morgan fingerprint density at radius 2 is 2.10 bits per heavy atom. The van der Waals surface area contributed by atoms with Crippen LogP contribution >= 0.6 is 0 Å². The summed E-state index contributed by atoms with van der Waals surface area (Å²) in [6.45, 7) is 0.296. The topological polar surface area (TPSA) is 88.9 Å². The van der Waals surface area contributed by atoms with E-state index in [-0.39, 0.29) is 4.90 Å². The first-order valence-corrected chi connectivity index (χ1v) is 7.61. The summed E-state index contributed by atoms with van der Waals surface area (Å²) in [6, 6.07) is 2.95. The molecule has 0 aromatic carbocycles. The Bertz CT molecular complexity index is 681. The monoisotopic (exact) mass is 295 g/mol. The molecule has 0 atom stereocenters. The number of rotatable bonds is 6. The van der Waals surface area contributed by atoms with Crippen LogP contribution in [0, 0.1) is 0 Å². The summed E-state index contributed by atoms with van der Waals surface area (Å²) in [4.78, 5) is 8.32. The quantitative estimate of drug-likeness (QED) is 0.804. The van der Waals surface area contributed by atoms with Crippen LogP contribution < -0.4 is 10.0 Å². The predicted molar refractivity (Wildman–Crippen MR) is 75.9 cm³/mol. The van der Waals surface area contributed by atoms with Crippen LogP contribution in [0.15, 0.2) is 35.6 Å². The van der Waals surface area contributed by atoms with Crippen molar-refractivity contribution in [3.63, 3.8) is 0 Å². The van der Waals surface area contributed by atoms with Crippen molar-refractivity contribution in [1.29, 1.82) is 0 Å². The number of nitrogens with zero attached hydrogens (tertiary/aromatic N) is 3. The second-order valence-corrected chi connectivity index (χ2v) is 6.00. The molecule has 0 saturated heterocycles. The van der Waals surface area contributed by atoms with Crippen molar-refractivity contribution in [2.45, 2.75) is 11.3 Å². The number of sulfonamides is 1. The van der Waals surface area contributed by atoms with E-state index in [1.165, 1.54) is 18.3 Å². The van der Waals surface area contributed by atoms with Gasteiger partial charge in [0.15, 0.2) is 0 Å². The average Bonchev–Trinajstić information content (AvgIpc) is 2.84. The molecule has 0 bridgehead atoms. The summed E-state index contributed by atoms with van der Waals surface area (Å²) in [5.74, 6) is 1.34. The summed E-state index contributed by atoms with van der Waals surface area (Å²) in [6.07, 6.45) is 5.50. The molecular formula is C12H17N5O2S. The summed E-state index contributed by atoms with van der Waals surface area (Å²) < 4.78 is 28.7. The molecular weight excluding hydrogens is 278 g/mol. The second-order valence-electron chi connectivity index (χ2n) is 4.23. The van der Waals surface area contributed by atoms with Crippen LogP contribution in [0.2, 0.25) is 0 Å². The minimum Gasteiger partial charge on any atom is -0.373 e. The Hall–Kier alpha value is -1.93. The Kier molecular flexibility index (Phi) is 4.35. The molecule has 0 aliphatic heterocycles. The number of anilines is 1. The van der Waals surface area contributed by atoms with E-state index in [9.17, 15) is 8.42 Å². The van der Waals surface area contributed by atoms with Gasteiger partial charge in [0, 0.05) is 51.7 Å². The Labute approximate surface area is 118 Å². The molecule has 2 rings (SSSR count). The Morgan fingerprint density at radius 3 is 2.75 bits per heavy atom. The third-order valence-electron chi connectivity index (χ3n) is 2.86. The fraction of sp³-hybridized carbons (Fsp3) is 0.333. The maximum absolute atomic E-state index is 12.1. The van der Waals surface area contributed by atoms with Crippen molar-refractivity contribution in [3.05, 3.63) is 36.5 Å². The van der Waals surface area contributed by atoms with Gasteiger partial charge in [0.05, 0.1) is 4.90 Å². The zero-order valence-electron chi connectivity index (χ0n) is 11.4. The zero-order chi connectivity index (χ0) is 14.6. The fourth-order valence-electron chi connectivity index (χ4n) is 1.73. The number of aryl methyl sites for hydroxylation is 1. The minimum atomic E-state index is -3.53. The first kappa shape index (κ1) is 14.5. The molecule has 2 heterocycles. The van der Waals surface area contributed by atoms with Crippen molar-refractivity contribution in [1.82, 2.24) is 19.3 Å². The summed E-state index contributed by atoms with van der Waals surface area (Å²) in [5.41, 5.74) is 0. The lowest BCUT2D eigenvalue weighted by Gasteiger charge is -2.08. The number of hydrogen-bond donors (Lipinski definition) is 2. The summed E-state index contributed by atoms with van der Waals surface area (Å²) in [5, 5.41) is 2.81. The van der Waals surface area contributed by atoms with E-state index in [0.717, 1.165) is 5.82 Å². The van der Waals surface area contributed by atoms with E-state index in [1.54, 1.807) is 13.2 Å². The number of hydrogen-bond acceptors (Lipinski definition) is 5. The van der Waals surface area contributed by atoms with E-state index in [1.807, 2.05) is 17.8 Å². The van der Waals surface area contributed by atoms with Crippen molar-refractivity contribution >= 4 is 15.8 Å². The first-order chi connectivity index (χ1) is 9.53. The molecule has 7 nitrogen and oxygen atoms in total. The normalized spacial score (nSPS) is 11.5. The van der Waals surface area contributed by atoms with Crippen LogP contribution in [0.1, 0.15) is 5.82 Å². The molecule has 108 valence electrons. The van der Waals surface area contributed by atoms with Gasteiger partial charge in [-0.05, 0) is 6.07 Å². The number of aromatic nitrogens is 3. The van der Waals surface area contributed by atoms with Gasteiger partial charge in [-0.3, -0.25) is 0 Å². The van der Waals surface area contributed by atoms with Crippen LogP contribution in [-0.4, -0.2) is 36.5 Å². The van der Waals surface area contributed by atoms with Gasteiger partial charge >= 0.3 is 0 Å². The maximum Gasteiger partial charge on any atom is 0.240 e. The lowest BCUT2D eigenvalue weighted by molar-refractivity contribution is 0.580. The standard InChI is InChI=1S/C12H17N5O2S/c1-13-11-9-10(3-5-14-11)20(18,19)16-6-4-12-15-7-8-17(12)2/h3,5,7-9,16H,4,6H2,1-2H3,(H,13,14). The van der Waals surface area contributed by atoms with Gasteiger partial charge < -0.3 is 9.88 Å². The SMILES string of the molecule is CNc1cc(S(=O)(=O)NCCc2nccn2C)ccn1. The van der Waals surface area contributed by atoms with E-state index in [0.29, 0.717) is 18.8 Å². The molecule has 2 N–H and O–H groups in total. The van der Waals surface area contributed by atoms with Crippen LogP contribution in [0.4, 0.5) is 5.82 Å². The first-order valence-electron chi connectivity index (χ1n) is 6.12. The molecule has 20 heavy (non-hydrogen) atoms. The van der Waals surface area contributed by atoms with Gasteiger partial charge in [0.1, 0.15) is 11.6 Å². The van der Waals surface area contributed by atoms with E-state index >= 15 is 0 Å². The molecule has 0 spiro atoms. The van der Waals surface area contributed by atoms with Crippen molar-refractivity contribution in [3.8, 4) is 0 Å². The van der Waals surface area contributed by atoms with Gasteiger partial charge in [-0.25, -0.2) is 23.1 Å². The van der Waals surface area contributed by atoms with Gasteiger partial charge in [0.25, 0.3) is 0 Å². The Balaban J connectivity index is 2.02. The Morgan fingerprint density at radius 1 is 1.30 bits per heavy atom. The molecule has 0 saturated carbocycles. The fourth-order valence-corrected chi connectivity index (χ4v) is 2.78. The molecule has 0 aliphatic rings. The lowest BCUT2D eigenvalue weighted by atomic mass is 10.4. The lowest BCUT2D eigenvalue weighted by Crippen LogP contribution is -2.26. The number of imidazole rings is 1. The molecule has 0 amide bonds. The summed E-state index contributed by atoms with van der Waals surface area (Å²) in [7, 11) is 0.0357. The van der Waals surface area contributed by atoms with Gasteiger partial charge in [0.2, 0.25) is 10.0 Å². The molecule has 2 aromatic heterocycles. The highest BCUT2D eigenvalue weighted by atomic mass is 32.2.